The van der Waals surface area contributed by atoms with E-state index in [0.29, 0.717) is 6.54 Å². The Morgan fingerprint density at radius 2 is 1.67 bits per heavy atom. The minimum Gasteiger partial charge on any atom is -0.494 e. The molecule has 1 heterocycles. The number of hydrogen-bond acceptors (Lipinski definition) is 3. The van der Waals surface area contributed by atoms with Crippen molar-refractivity contribution in [1.29, 1.82) is 0 Å². The molecule has 1 N–H and O–H groups in total. The van der Waals surface area contributed by atoms with Crippen molar-refractivity contribution in [1.82, 2.24) is 4.98 Å². The van der Waals surface area contributed by atoms with Crippen LogP contribution in [0.2, 0.25) is 0 Å². The normalized spacial score (nSPS) is 11.7. The number of halogens is 1. The Kier molecular flexibility index (Phi) is 6.04. The second-order valence-electron chi connectivity index (χ2n) is 7.00. The Morgan fingerprint density at radius 1 is 0.900 bits per heavy atom. The fraction of sp³-hybridized carbons (Fsp3) is 0.115. The molecule has 0 spiro atoms. The summed E-state index contributed by atoms with van der Waals surface area (Å²) in [5.74, 6) is -0.203. The second-order valence-corrected chi connectivity index (χ2v) is 7.00. The van der Waals surface area contributed by atoms with Gasteiger partial charge in [-0.25, -0.2) is 4.39 Å². The van der Waals surface area contributed by atoms with Gasteiger partial charge in [0.15, 0.2) is 11.6 Å². The largest absolute Gasteiger partial charge is 0.494 e. The molecule has 1 atom stereocenters. The molecule has 30 heavy (non-hydrogen) atoms. The van der Waals surface area contributed by atoms with Crippen molar-refractivity contribution in [2.75, 3.05) is 19.0 Å². The minimum atomic E-state index is -0.366. The van der Waals surface area contributed by atoms with Crippen molar-refractivity contribution in [3.05, 3.63) is 114 Å². The van der Waals surface area contributed by atoms with Gasteiger partial charge in [-0.1, -0.05) is 54.6 Å². The number of nitrogens with one attached hydrogen (secondary N) is 1. The molecule has 0 bridgehead atoms. The SMILES string of the molecule is COc1ccc(C(CNc2ccccc2)c2ccccc2-c2ccccn2)cc1F. The van der Waals surface area contributed by atoms with Crippen molar-refractivity contribution in [2.24, 2.45) is 0 Å². The maximum absolute atomic E-state index is 14.6. The van der Waals surface area contributed by atoms with Gasteiger partial charge in [-0.3, -0.25) is 4.98 Å². The highest BCUT2D eigenvalue weighted by molar-refractivity contribution is 5.66. The molecule has 0 saturated heterocycles. The Bertz CT molecular complexity index is 1100. The van der Waals surface area contributed by atoms with Gasteiger partial charge in [0, 0.05) is 29.9 Å². The molecule has 0 aliphatic rings. The van der Waals surface area contributed by atoms with Gasteiger partial charge in [-0.05, 0) is 47.5 Å². The van der Waals surface area contributed by atoms with Gasteiger partial charge in [-0.15, -0.1) is 0 Å². The lowest BCUT2D eigenvalue weighted by molar-refractivity contribution is 0.386. The van der Waals surface area contributed by atoms with E-state index < -0.39 is 0 Å². The maximum atomic E-state index is 14.6. The number of benzene rings is 3. The van der Waals surface area contributed by atoms with Crippen LogP contribution in [0.5, 0.6) is 5.75 Å². The number of para-hydroxylation sites is 1. The first-order valence-corrected chi connectivity index (χ1v) is 9.89. The highest BCUT2D eigenvalue weighted by Crippen LogP contribution is 2.34. The summed E-state index contributed by atoms with van der Waals surface area (Å²) in [5.41, 5.74) is 4.91. The molecular weight excluding hydrogens is 375 g/mol. The van der Waals surface area contributed by atoms with Crippen LogP contribution in [0.15, 0.2) is 97.2 Å². The Hall–Kier alpha value is -3.66. The standard InChI is InChI=1S/C26H23FN2O/c1-30-26-15-14-19(17-24(26)27)23(18-29-20-9-3-2-4-10-20)21-11-5-6-12-22(21)25-13-7-8-16-28-25/h2-17,23,29H,18H2,1H3. The molecule has 4 rings (SSSR count). The van der Waals surface area contributed by atoms with Crippen molar-refractivity contribution >= 4 is 5.69 Å². The smallest absolute Gasteiger partial charge is 0.165 e. The Labute approximate surface area is 176 Å². The van der Waals surface area contributed by atoms with E-state index in [4.69, 9.17) is 4.74 Å². The zero-order valence-corrected chi connectivity index (χ0v) is 16.8. The van der Waals surface area contributed by atoms with Gasteiger partial charge in [0.1, 0.15) is 0 Å². The molecule has 0 aliphatic carbocycles. The molecule has 3 nitrogen and oxygen atoms in total. The summed E-state index contributed by atoms with van der Waals surface area (Å²) >= 11 is 0. The quantitative estimate of drug-likeness (QED) is 0.406. The second kappa shape index (κ2) is 9.23. The lowest BCUT2D eigenvalue weighted by atomic mass is 9.86. The van der Waals surface area contributed by atoms with Crippen LogP contribution in [-0.2, 0) is 0 Å². The van der Waals surface area contributed by atoms with E-state index in [1.54, 1.807) is 18.3 Å². The van der Waals surface area contributed by atoms with Crippen molar-refractivity contribution in [3.63, 3.8) is 0 Å². The summed E-state index contributed by atoms with van der Waals surface area (Å²) in [4.78, 5) is 4.53. The number of anilines is 1. The number of pyridine rings is 1. The number of methoxy groups -OCH3 is 1. The Balaban J connectivity index is 1.77. The van der Waals surface area contributed by atoms with Crippen molar-refractivity contribution < 1.29 is 9.13 Å². The van der Waals surface area contributed by atoms with Crippen LogP contribution >= 0.6 is 0 Å². The van der Waals surface area contributed by atoms with Gasteiger partial charge in [-0.2, -0.15) is 0 Å². The number of ether oxygens (including phenoxy) is 1. The maximum Gasteiger partial charge on any atom is 0.165 e. The lowest BCUT2D eigenvalue weighted by Gasteiger charge is -2.22. The molecule has 0 saturated carbocycles. The van der Waals surface area contributed by atoms with Crippen LogP contribution in [0.25, 0.3) is 11.3 Å². The van der Waals surface area contributed by atoms with Crippen molar-refractivity contribution in [3.8, 4) is 17.0 Å². The minimum absolute atomic E-state index is 0.0798. The highest BCUT2D eigenvalue weighted by atomic mass is 19.1. The van der Waals surface area contributed by atoms with Gasteiger partial charge in [0.2, 0.25) is 0 Å². The van der Waals surface area contributed by atoms with Gasteiger partial charge < -0.3 is 10.1 Å². The fourth-order valence-corrected chi connectivity index (χ4v) is 3.64. The first-order valence-electron chi connectivity index (χ1n) is 9.89. The molecule has 1 aromatic heterocycles. The third kappa shape index (κ3) is 4.33. The van der Waals surface area contributed by atoms with E-state index in [9.17, 15) is 4.39 Å². The molecule has 0 amide bonds. The third-order valence-electron chi connectivity index (χ3n) is 5.14. The fourth-order valence-electron chi connectivity index (χ4n) is 3.64. The van der Waals surface area contributed by atoms with Crippen molar-refractivity contribution in [2.45, 2.75) is 5.92 Å². The van der Waals surface area contributed by atoms with Crippen LogP contribution in [0.1, 0.15) is 17.0 Å². The van der Waals surface area contributed by atoms with Gasteiger partial charge in [0.25, 0.3) is 0 Å². The molecule has 4 aromatic rings. The average molecular weight is 398 g/mol. The topological polar surface area (TPSA) is 34.1 Å². The lowest BCUT2D eigenvalue weighted by Crippen LogP contribution is -2.15. The average Bonchev–Trinajstić information content (AvgIpc) is 2.81. The monoisotopic (exact) mass is 398 g/mol. The van der Waals surface area contributed by atoms with E-state index in [-0.39, 0.29) is 17.5 Å². The summed E-state index contributed by atoms with van der Waals surface area (Å²) < 4.78 is 19.7. The molecule has 0 aliphatic heterocycles. The van der Waals surface area contributed by atoms with Crippen LogP contribution in [0.4, 0.5) is 10.1 Å². The van der Waals surface area contributed by atoms with Crippen LogP contribution in [0.3, 0.4) is 0 Å². The number of aromatic nitrogens is 1. The molecule has 0 fully saturated rings. The predicted molar refractivity (Wildman–Crippen MR) is 119 cm³/mol. The van der Waals surface area contributed by atoms with Crippen LogP contribution in [0, 0.1) is 5.82 Å². The van der Waals surface area contributed by atoms with Crippen LogP contribution < -0.4 is 10.1 Å². The van der Waals surface area contributed by atoms with E-state index >= 15 is 0 Å². The first-order chi connectivity index (χ1) is 14.8. The zero-order chi connectivity index (χ0) is 20.8. The highest BCUT2D eigenvalue weighted by Gasteiger charge is 2.20. The van der Waals surface area contributed by atoms with Crippen LogP contribution in [-0.4, -0.2) is 18.6 Å². The van der Waals surface area contributed by atoms with E-state index in [0.717, 1.165) is 28.1 Å². The first kappa shape index (κ1) is 19.6. The Morgan fingerprint density at radius 3 is 2.40 bits per heavy atom. The zero-order valence-electron chi connectivity index (χ0n) is 16.8. The molecule has 3 aromatic carbocycles. The molecular formula is C26H23FN2O. The summed E-state index contributed by atoms with van der Waals surface area (Å²) in [6.07, 6.45) is 1.79. The van der Waals surface area contributed by atoms with Gasteiger partial charge >= 0.3 is 0 Å². The number of hydrogen-bond donors (Lipinski definition) is 1. The summed E-state index contributed by atoms with van der Waals surface area (Å²) in [6.45, 7) is 0.611. The summed E-state index contributed by atoms with van der Waals surface area (Å²) in [6, 6.07) is 29.2. The van der Waals surface area contributed by atoms with E-state index in [1.165, 1.54) is 7.11 Å². The third-order valence-corrected chi connectivity index (χ3v) is 5.14. The molecule has 0 radical (unpaired) electrons. The van der Waals surface area contributed by atoms with E-state index in [1.807, 2.05) is 66.7 Å². The van der Waals surface area contributed by atoms with E-state index in [2.05, 4.69) is 22.4 Å². The summed E-state index contributed by atoms with van der Waals surface area (Å²) in [7, 11) is 1.48. The summed E-state index contributed by atoms with van der Waals surface area (Å²) in [5, 5.41) is 3.49. The molecule has 1 unspecified atom stereocenters. The van der Waals surface area contributed by atoms with Gasteiger partial charge in [0.05, 0.1) is 12.8 Å². The molecule has 150 valence electrons. The number of rotatable bonds is 7. The number of nitrogens with zero attached hydrogens (tertiary/aromatic N) is 1. The molecule has 4 heteroatoms. The predicted octanol–water partition coefficient (Wildman–Crippen LogP) is 6.14.